The van der Waals surface area contributed by atoms with Crippen molar-refractivity contribution in [2.75, 3.05) is 26.7 Å². The predicted octanol–water partition coefficient (Wildman–Crippen LogP) is -1.03. The van der Waals surface area contributed by atoms with Gasteiger partial charge in [0.05, 0.1) is 6.54 Å². The van der Waals surface area contributed by atoms with Crippen molar-refractivity contribution < 1.29 is 19.5 Å². The number of amides is 3. The summed E-state index contributed by atoms with van der Waals surface area (Å²) in [7, 11) is 2.03. The number of urea groups is 1. The van der Waals surface area contributed by atoms with Gasteiger partial charge in [-0.15, -0.1) is 0 Å². The molecule has 1 unspecified atom stereocenters. The van der Waals surface area contributed by atoms with E-state index in [0.29, 0.717) is 12.6 Å². The van der Waals surface area contributed by atoms with Gasteiger partial charge in [0.25, 0.3) is 0 Å². The molecule has 0 aliphatic heterocycles. The summed E-state index contributed by atoms with van der Waals surface area (Å²) in [4.78, 5) is 35.1. The summed E-state index contributed by atoms with van der Waals surface area (Å²) in [6.45, 7) is 1.82. The van der Waals surface area contributed by atoms with Crippen LogP contribution in [0.4, 0.5) is 4.79 Å². The summed E-state index contributed by atoms with van der Waals surface area (Å²) in [6.07, 6.45) is 2.41. The number of carboxylic acid groups (broad SMARTS) is 1. The molecule has 0 bridgehead atoms. The molecule has 114 valence electrons. The van der Waals surface area contributed by atoms with Crippen molar-refractivity contribution in [3.8, 4) is 0 Å². The highest BCUT2D eigenvalue weighted by Crippen LogP contribution is 2.26. The molecule has 0 saturated heterocycles. The molecular weight excluding hydrogens is 264 g/mol. The number of aliphatic carboxylic acids is 1. The zero-order valence-corrected chi connectivity index (χ0v) is 11.8. The lowest BCUT2D eigenvalue weighted by Gasteiger charge is -2.24. The van der Waals surface area contributed by atoms with Crippen LogP contribution in [-0.2, 0) is 9.59 Å². The second-order valence-corrected chi connectivity index (χ2v) is 4.98. The first kappa shape index (κ1) is 16.2. The third-order valence-corrected chi connectivity index (χ3v) is 3.22. The molecule has 8 nitrogen and oxygen atoms in total. The average molecular weight is 286 g/mol. The second kappa shape index (κ2) is 7.68. The molecule has 3 amide bonds. The molecule has 1 saturated carbocycles. The number of carbonyl (C=O) groups is 3. The van der Waals surface area contributed by atoms with E-state index in [1.807, 2.05) is 14.0 Å². The molecule has 1 fully saturated rings. The molecule has 0 spiro atoms. The van der Waals surface area contributed by atoms with Crippen LogP contribution >= 0.6 is 0 Å². The Bertz CT molecular complexity index is 370. The van der Waals surface area contributed by atoms with E-state index in [-0.39, 0.29) is 12.6 Å². The zero-order chi connectivity index (χ0) is 15.1. The fraction of sp³-hybridized carbons (Fsp3) is 0.750. The molecule has 8 heteroatoms. The Morgan fingerprint density at radius 2 is 1.85 bits per heavy atom. The third-order valence-electron chi connectivity index (χ3n) is 3.22. The molecule has 1 atom stereocenters. The van der Waals surface area contributed by atoms with Crippen molar-refractivity contribution in [3.63, 3.8) is 0 Å². The van der Waals surface area contributed by atoms with E-state index in [9.17, 15) is 14.4 Å². The van der Waals surface area contributed by atoms with Crippen LogP contribution in [-0.4, -0.2) is 66.7 Å². The average Bonchev–Trinajstić information content (AvgIpc) is 3.23. The standard InChI is InChI=1S/C12H22N4O4/c1-8(16(2)9-3-4-9)5-14-12(20)15-6-10(17)13-7-11(18)19/h8-9H,3-7H2,1-2H3,(H,13,17)(H,18,19)(H2,14,15,20). The SMILES string of the molecule is CC(CNC(=O)NCC(=O)NCC(=O)O)N(C)C1CC1. The van der Waals surface area contributed by atoms with E-state index >= 15 is 0 Å². The van der Waals surface area contributed by atoms with E-state index in [0.717, 1.165) is 0 Å². The van der Waals surface area contributed by atoms with Gasteiger partial charge >= 0.3 is 12.0 Å². The van der Waals surface area contributed by atoms with Crippen LogP contribution in [0.2, 0.25) is 0 Å². The predicted molar refractivity (Wildman–Crippen MR) is 72.3 cm³/mol. The Kier molecular flexibility index (Phi) is 6.23. The van der Waals surface area contributed by atoms with Crippen molar-refractivity contribution >= 4 is 17.9 Å². The summed E-state index contributed by atoms with van der Waals surface area (Å²) in [5.74, 6) is -1.66. The lowest BCUT2D eigenvalue weighted by atomic mass is 10.3. The van der Waals surface area contributed by atoms with E-state index in [2.05, 4.69) is 20.9 Å². The molecule has 0 heterocycles. The zero-order valence-electron chi connectivity index (χ0n) is 11.8. The molecular formula is C12H22N4O4. The van der Waals surface area contributed by atoms with Gasteiger partial charge in [0.1, 0.15) is 6.54 Å². The topological polar surface area (TPSA) is 111 Å². The van der Waals surface area contributed by atoms with Crippen molar-refractivity contribution in [1.82, 2.24) is 20.9 Å². The lowest BCUT2D eigenvalue weighted by molar-refractivity contribution is -0.137. The Morgan fingerprint density at radius 3 is 2.40 bits per heavy atom. The van der Waals surface area contributed by atoms with Gasteiger partial charge in [-0.3, -0.25) is 14.5 Å². The Balaban J connectivity index is 2.10. The van der Waals surface area contributed by atoms with E-state index in [1.165, 1.54) is 12.8 Å². The summed E-state index contributed by atoms with van der Waals surface area (Å²) in [5.41, 5.74) is 0. The highest BCUT2D eigenvalue weighted by molar-refractivity contribution is 5.86. The van der Waals surface area contributed by atoms with E-state index < -0.39 is 24.5 Å². The number of hydrogen-bond acceptors (Lipinski definition) is 4. The minimum atomic E-state index is -1.13. The second-order valence-electron chi connectivity index (χ2n) is 4.98. The molecule has 4 N–H and O–H groups in total. The smallest absolute Gasteiger partial charge is 0.322 e. The van der Waals surface area contributed by atoms with E-state index in [4.69, 9.17) is 5.11 Å². The van der Waals surface area contributed by atoms with Gasteiger partial charge in [-0.1, -0.05) is 0 Å². The molecule has 20 heavy (non-hydrogen) atoms. The molecule has 0 aromatic rings. The largest absolute Gasteiger partial charge is 0.480 e. The molecule has 1 aliphatic rings. The number of hydrogen-bond donors (Lipinski definition) is 4. The van der Waals surface area contributed by atoms with Gasteiger partial charge in [-0.05, 0) is 26.8 Å². The number of nitrogens with one attached hydrogen (secondary N) is 3. The maximum Gasteiger partial charge on any atom is 0.322 e. The number of carbonyl (C=O) groups excluding carboxylic acids is 2. The van der Waals surface area contributed by atoms with Crippen molar-refractivity contribution in [1.29, 1.82) is 0 Å². The highest BCUT2D eigenvalue weighted by atomic mass is 16.4. The van der Waals surface area contributed by atoms with Gasteiger partial charge in [0.2, 0.25) is 5.91 Å². The first-order valence-electron chi connectivity index (χ1n) is 6.62. The summed E-state index contributed by atoms with van der Waals surface area (Å²) in [5, 5.41) is 15.6. The maximum atomic E-state index is 11.5. The molecule has 0 aromatic heterocycles. The van der Waals surface area contributed by atoms with Gasteiger partial charge in [0, 0.05) is 18.6 Å². The summed E-state index contributed by atoms with van der Waals surface area (Å²) in [6, 6.07) is 0.414. The molecule has 1 rings (SSSR count). The quantitative estimate of drug-likeness (QED) is 0.456. The van der Waals surface area contributed by atoms with E-state index in [1.54, 1.807) is 0 Å². The van der Waals surface area contributed by atoms with Gasteiger partial charge in [-0.25, -0.2) is 4.79 Å². The molecule has 0 aromatic carbocycles. The minimum Gasteiger partial charge on any atom is -0.480 e. The fourth-order valence-electron chi connectivity index (χ4n) is 1.69. The Morgan fingerprint density at radius 1 is 1.20 bits per heavy atom. The number of carboxylic acids is 1. The normalized spacial score (nSPS) is 15.6. The number of rotatable bonds is 8. The minimum absolute atomic E-state index is 0.231. The molecule has 1 aliphatic carbocycles. The number of nitrogens with zero attached hydrogens (tertiary/aromatic N) is 1. The first-order valence-corrected chi connectivity index (χ1v) is 6.62. The molecule has 0 radical (unpaired) electrons. The summed E-state index contributed by atoms with van der Waals surface area (Å²) >= 11 is 0. The van der Waals surface area contributed by atoms with Crippen molar-refractivity contribution in [2.45, 2.75) is 31.8 Å². The van der Waals surface area contributed by atoms with Crippen LogP contribution in [0.15, 0.2) is 0 Å². The van der Waals surface area contributed by atoms with Crippen LogP contribution in [0.1, 0.15) is 19.8 Å². The van der Waals surface area contributed by atoms with Crippen LogP contribution in [0.3, 0.4) is 0 Å². The Hall–Kier alpha value is -1.83. The fourth-order valence-corrected chi connectivity index (χ4v) is 1.69. The van der Waals surface area contributed by atoms with Crippen LogP contribution in [0.25, 0.3) is 0 Å². The van der Waals surface area contributed by atoms with Gasteiger partial charge in [0.15, 0.2) is 0 Å². The first-order chi connectivity index (χ1) is 9.40. The van der Waals surface area contributed by atoms with Gasteiger partial charge in [-0.2, -0.15) is 0 Å². The van der Waals surface area contributed by atoms with Crippen molar-refractivity contribution in [3.05, 3.63) is 0 Å². The monoisotopic (exact) mass is 286 g/mol. The van der Waals surface area contributed by atoms with Gasteiger partial charge < -0.3 is 21.1 Å². The lowest BCUT2D eigenvalue weighted by Crippen LogP contribution is -2.47. The highest BCUT2D eigenvalue weighted by Gasteiger charge is 2.29. The van der Waals surface area contributed by atoms with Crippen molar-refractivity contribution in [2.24, 2.45) is 0 Å². The third kappa shape index (κ3) is 6.37. The number of likely N-dealkylation sites (N-methyl/N-ethyl adjacent to an activating group) is 1. The Labute approximate surface area is 117 Å². The van der Waals surface area contributed by atoms with Crippen LogP contribution < -0.4 is 16.0 Å². The van der Waals surface area contributed by atoms with Crippen LogP contribution in [0.5, 0.6) is 0 Å². The maximum absolute atomic E-state index is 11.5. The van der Waals surface area contributed by atoms with Crippen LogP contribution in [0, 0.1) is 0 Å². The summed E-state index contributed by atoms with van der Waals surface area (Å²) < 4.78 is 0.